The van der Waals surface area contributed by atoms with Crippen molar-refractivity contribution in [3.05, 3.63) is 76.3 Å². The van der Waals surface area contributed by atoms with Gasteiger partial charge in [-0.25, -0.2) is 4.79 Å². The highest BCUT2D eigenvalue weighted by Gasteiger charge is 2.26. The standard InChI is InChI=1S/C18H17N3O4/c1-20(17(22)13-7-6-10-15(11-13)24-2)12-16-18(23)25-19-21(16)14-8-4-3-5-9-14/h3-11H,12H2,1-2H3/p+1. The van der Waals surface area contributed by atoms with Gasteiger partial charge in [0.15, 0.2) is 0 Å². The molecule has 0 bridgehead atoms. The highest BCUT2D eigenvalue weighted by atomic mass is 16.5. The van der Waals surface area contributed by atoms with E-state index in [9.17, 15) is 9.59 Å². The summed E-state index contributed by atoms with van der Waals surface area (Å²) in [5, 5.41) is 2.56. The first-order valence-corrected chi connectivity index (χ1v) is 7.67. The summed E-state index contributed by atoms with van der Waals surface area (Å²) in [7, 11) is 3.17. The highest BCUT2D eigenvalue weighted by molar-refractivity contribution is 5.94. The number of H-pyrrole nitrogens is 1. The van der Waals surface area contributed by atoms with Gasteiger partial charge in [-0.1, -0.05) is 24.3 Å². The Morgan fingerprint density at radius 1 is 1.20 bits per heavy atom. The fourth-order valence-electron chi connectivity index (χ4n) is 2.49. The molecule has 7 heteroatoms. The number of nitrogens with zero attached hydrogens (tertiary/aromatic N) is 2. The van der Waals surface area contributed by atoms with Crippen LogP contribution in [0.1, 0.15) is 16.1 Å². The van der Waals surface area contributed by atoms with Crippen LogP contribution in [0.25, 0.3) is 5.69 Å². The summed E-state index contributed by atoms with van der Waals surface area (Å²) in [6.07, 6.45) is 0. The third-order valence-electron chi connectivity index (χ3n) is 3.80. The Morgan fingerprint density at radius 3 is 2.68 bits per heavy atom. The van der Waals surface area contributed by atoms with E-state index >= 15 is 0 Å². The predicted molar refractivity (Wildman–Crippen MR) is 89.7 cm³/mol. The number of aromatic nitrogens is 2. The molecule has 7 nitrogen and oxygen atoms in total. The first kappa shape index (κ1) is 16.5. The first-order valence-electron chi connectivity index (χ1n) is 7.67. The fraction of sp³-hybridized carbons (Fsp3) is 0.167. The van der Waals surface area contributed by atoms with Crippen molar-refractivity contribution in [1.29, 1.82) is 0 Å². The van der Waals surface area contributed by atoms with Crippen molar-refractivity contribution in [3.63, 3.8) is 0 Å². The molecule has 1 aromatic heterocycles. The molecule has 0 aliphatic carbocycles. The van der Waals surface area contributed by atoms with Gasteiger partial charge in [-0.2, -0.15) is 0 Å². The van der Waals surface area contributed by atoms with Crippen LogP contribution in [0.5, 0.6) is 5.75 Å². The Bertz CT molecular complexity index is 931. The van der Waals surface area contributed by atoms with E-state index in [4.69, 9.17) is 9.26 Å². The zero-order valence-corrected chi connectivity index (χ0v) is 13.9. The molecule has 0 saturated heterocycles. The van der Waals surface area contributed by atoms with Crippen molar-refractivity contribution in [2.24, 2.45) is 0 Å². The van der Waals surface area contributed by atoms with Gasteiger partial charge in [0.05, 0.1) is 7.11 Å². The molecule has 25 heavy (non-hydrogen) atoms. The van der Waals surface area contributed by atoms with Gasteiger partial charge in [0.25, 0.3) is 5.91 Å². The second-order valence-corrected chi connectivity index (χ2v) is 5.49. The van der Waals surface area contributed by atoms with E-state index in [0.29, 0.717) is 17.0 Å². The number of carbonyl (C=O) groups is 1. The first-order chi connectivity index (χ1) is 12.1. The van der Waals surface area contributed by atoms with Gasteiger partial charge in [0.1, 0.15) is 12.3 Å². The van der Waals surface area contributed by atoms with E-state index in [2.05, 4.69) is 5.27 Å². The number of nitrogens with one attached hydrogen (secondary N) is 1. The van der Waals surface area contributed by atoms with Crippen molar-refractivity contribution in [2.75, 3.05) is 14.2 Å². The van der Waals surface area contributed by atoms with Crippen molar-refractivity contribution in [1.82, 2.24) is 10.2 Å². The number of hydrogen-bond donors (Lipinski definition) is 1. The Labute approximate surface area is 144 Å². The molecule has 2 aromatic carbocycles. The lowest BCUT2D eigenvalue weighted by Crippen LogP contribution is -2.42. The lowest BCUT2D eigenvalue weighted by molar-refractivity contribution is -0.678. The molecule has 3 rings (SSSR count). The van der Waals surface area contributed by atoms with Gasteiger partial charge in [-0.05, 0) is 28.2 Å². The van der Waals surface area contributed by atoms with Crippen LogP contribution in [-0.4, -0.2) is 30.2 Å². The zero-order valence-electron chi connectivity index (χ0n) is 13.9. The summed E-state index contributed by atoms with van der Waals surface area (Å²) in [5.41, 5.74) is 1.03. The van der Waals surface area contributed by atoms with Crippen LogP contribution in [0.3, 0.4) is 0 Å². The van der Waals surface area contributed by atoms with Crippen molar-refractivity contribution < 1.29 is 18.7 Å². The number of hydrogen-bond acceptors (Lipinski definition) is 4. The Kier molecular flexibility index (Phi) is 4.65. The molecule has 0 radical (unpaired) electrons. The van der Waals surface area contributed by atoms with E-state index < -0.39 is 5.63 Å². The largest absolute Gasteiger partial charge is 0.497 e. The molecule has 0 aliphatic rings. The Balaban J connectivity index is 1.86. The van der Waals surface area contributed by atoms with Gasteiger partial charge >= 0.3 is 11.3 Å². The number of ether oxygens (including phenoxy) is 1. The van der Waals surface area contributed by atoms with E-state index in [1.54, 1.807) is 38.4 Å². The van der Waals surface area contributed by atoms with Crippen LogP contribution in [0.2, 0.25) is 0 Å². The molecule has 0 atom stereocenters. The third kappa shape index (κ3) is 3.45. The highest BCUT2D eigenvalue weighted by Crippen LogP contribution is 2.14. The predicted octanol–water partition coefficient (Wildman–Crippen LogP) is 1.53. The molecule has 3 aromatic rings. The summed E-state index contributed by atoms with van der Waals surface area (Å²) in [4.78, 5) is 26.1. The van der Waals surface area contributed by atoms with Crippen LogP contribution in [0, 0.1) is 0 Å². The van der Waals surface area contributed by atoms with Crippen molar-refractivity contribution >= 4 is 5.91 Å². The maximum absolute atomic E-state index is 12.6. The van der Waals surface area contributed by atoms with E-state index in [1.807, 2.05) is 30.3 Å². The van der Waals surface area contributed by atoms with Gasteiger partial charge in [0, 0.05) is 24.7 Å². The summed E-state index contributed by atoms with van der Waals surface area (Å²) >= 11 is 0. The lowest BCUT2D eigenvalue weighted by atomic mass is 10.2. The van der Waals surface area contributed by atoms with Crippen LogP contribution >= 0.6 is 0 Å². The van der Waals surface area contributed by atoms with Crippen LogP contribution in [0.4, 0.5) is 0 Å². The molecule has 1 N–H and O–H groups in total. The molecule has 0 unspecified atom stereocenters. The lowest BCUT2D eigenvalue weighted by Gasteiger charge is -2.14. The second kappa shape index (κ2) is 7.04. The molecule has 0 saturated carbocycles. The molecule has 0 fully saturated rings. The summed E-state index contributed by atoms with van der Waals surface area (Å²) in [6, 6.07) is 16.1. The molecular weight excluding hydrogens is 322 g/mol. The van der Waals surface area contributed by atoms with Gasteiger partial charge in [0.2, 0.25) is 5.69 Å². The fourth-order valence-corrected chi connectivity index (χ4v) is 2.49. The maximum atomic E-state index is 12.6. The van der Waals surface area contributed by atoms with Crippen molar-refractivity contribution in [2.45, 2.75) is 6.54 Å². The van der Waals surface area contributed by atoms with Gasteiger partial charge < -0.3 is 9.64 Å². The molecule has 1 heterocycles. The van der Waals surface area contributed by atoms with Crippen molar-refractivity contribution in [3.8, 4) is 11.4 Å². The average molecular weight is 340 g/mol. The Hall–Kier alpha value is -3.35. The summed E-state index contributed by atoms with van der Waals surface area (Å²) < 4.78 is 11.6. The molecule has 0 aliphatic heterocycles. The minimum Gasteiger partial charge on any atom is -0.497 e. The number of aromatic amines is 1. The number of rotatable bonds is 5. The molecule has 1 amide bonds. The zero-order chi connectivity index (χ0) is 17.8. The average Bonchev–Trinajstić information content (AvgIpc) is 3.02. The van der Waals surface area contributed by atoms with E-state index in [1.165, 1.54) is 9.58 Å². The molecule has 0 spiro atoms. The van der Waals surface area contributed by atoms with Gasteiger partial charge in [-0.3, -0.25) is 9.32 Å². The Morgan fingerprint density at radius 2 is 1.96 bits per heavy atom. The summed E-state index contributed by atoms with van der Waals surface area (Å²) in [5.74, 6) is 0.374. The van der Waals surface area contributed by atoms with Crippen LogP contribution in [-0.2, 0) is 6.54 Å². The number of amides is 1. The normalized spacial score (nSPS) is 10.5. The number of carbonyl (C=O) groups excluding carboxylic acids is 1. The minimum absolute atomic E-state index is 0.0940. The second-order valence-electron chi connectivity index (χ2n) is 5.49. The molecule has 128 valence electrons. The number of benzene rings is 2. The SMILES string of the molecule is COc1cccc(C(=O)N(C)Cc2c(=O)o[nH][n+]2-c2ccccc2)c1. The minimum atomic E-state index is -0.519. The summed E-state index contributed by atoms with van der Waals surface area (Å²) in [6.45, 7) is 0.0940. The van der Waals surface area contributed by atoms with E-state index in [-0.39, 0.29) is 12.5 Å². The number of methoxy groups -OCH3 is 1. The monoisotopic (exact) mass is 340 g/mol. The maximum Gasteiger partial charge on any atom is 0.432 e. The number of para-hydroxylation sites is 1. The van der Waals surface area contributed by atoms with Crippen LogP contribution < -0.4 is 15.0 Å². The topological polar surface area (TPSA) is 79.4 Å². The van der Waals surface area contributed by atoms with E-state index in [0.717, 1.165) is 5.69 Å². The smallest absolute Gasteiger partial charge is 0.432 e. The van der Waals surface area contributed by atoms with Crippen LogP contribution in [0.15, 0.2) is 63.9 Å². The molecular formula is C18H18N3O4+. The van der Waals surface area contributed by atoms with Gasteiger partial charge in [-0.15, -0.1) is 0 Å². The quantitative estimate of drug-likeness (QED) is 0.714. The third-order valence-corrected chi connectivity index (χ3v) is 3.80.